The number of furan rings is 1. The summed E-state index contributed by atoms with van der Waals surface area (Å²) in [6.45, 7) is 2.96. The Morgan fingerprint density at radius 2 is 2.32 bits per heavy atom. The number of pyridine rings is 1. The van der Waals surface area contributed by atoms with Crippen LogP contribution >= 0.6 is 11.6 Å². The number of rotatable bonds is 6. The molecule has 2 aromatic heterocycles. The molecule has 0 aliphatic carbocycles. The minimum absolute atomic E-state index is 0.137. The standard InChI is InChI=1S/C14H17ClN2O2/c1-3-7-16-12(10-6-9-19-14(10)15)13-11(18-2)5-4-8-17-13/h4-6,8-9,12,16H,3,7H2,1-2H3. The van der Waals surface area contributed by atoms with Gasteiger partial charge >= 0.3 is 0 Å². The van der Waals surface area contributed by atoms with Crippen molar-refractivity contribution in [1.29, 1.82) is 0 Å². The van der Waals surface area contributed by atoms with E-state index in [1.807, 2.05) is 18.2 Å². The molecule has 4 nitrogen and oxygen atoms in total. The second kappa shape index (κ2) is 6.59. The van der Waals surface area contributed by atoms with Crippen molar-refractivity contribution in [1.82, 2.24) is 10.3 Å². The van der Waals surface area contributed by atoms with Gasteiger partial charge in [0.1, 0.15) is 11.4 Å². The molecular weight excluding hydrogens is 264 g/mol. The van der Waals surface area contributed by atoms with E-state index in [2.05, 4.69) is 17.2 Å². The van der Waals surface area contributed by atoms with Crippen molar-refractivity contribution in [3.8, 4) is 5.75 Å². The van der Waals surface area contributed by atoms with Crippen molar-refractivity contribution in [2.45, 2.75) is 19.4 Å². The maximum absolute atomic E-state index is 6.08. The molecule has 0 fully saturated rings. The Bertz CT molecular complexity index is 528. The minimum Gasteiger partial charge on any atom is -0.495 e. The Morgan fingerprint density at radius 1 is 1.47 bits per heavy atom. The zero-order valence-corrected chi connectivity index (χ0v) is 11.8. The first kappa shape index (κ1) is 13.9. The lowest BCUT2D eigenvalue weighted by molar-refractivity contribution is 0.399. The number of nitrogens with one attached hydrogen (secondary N) is 1. The molecule has 5 heteroatoms. The molecule has 0 aliphatic rings. The molecule has 0 spiro atoms. The number of aromatic nitrogens is 1. The molecular formula is C14H17ClN2O2. The largest absolute Gasteiger partial charge is 0.495 e. The predicted octanol–water partition coefficient (Wildman–Crippen LogP) is 3.43. The van der Waals surface area contributed by atoms with Crippen LogP contribution in [0.25, 0.3) is 0 Å². The van der Waals surface area contributed by atoms with E-state index in [0.717, 1.165) is 30.0 Å². The lowest BCUT2D eigenvalue weighted by Crippen LogP contribution is -2.24. The van der Waals surface area contributed by atoms with E-state index in [1.165, 1.54) is 0 Å². The maximum Gasteiger partial charge on any atom is 0.198 e. The molecule has 1 N–H and O–H groups in total. The van der Waals surface area contributed by atoms with Gasteiger partial charge in [-0.1, -0.05) is 6.92 Å². The van der Waals surface area contributed by atoms with E-state index in [1.54, 1.807) is 19.6 Å². The van der Waals surface area contributed by atoms with Gasteiger partial charge in [0.25, 0.3) is 0 Å². The summed E-state index contributed by atoms with van der Waals surface area (Å²) in [5.74, 6) is 0.730. The second-order valence-corrected chi connectivity index (χ2v) is 4.47. The molecule has 2 aromatic rings. The first-order valence-corrected chi connectivity index (χ1v) is 6.60. The summed E-state index contributed by atoms with van der Waals surface area (Å²) in [4.78, 5) is 4.41. The van der Waals surface area contributed by atoms with E-state index in [-0.39, 0.29) is 6.04 Å². The molecule has 1 atom stereocenters. The van der Waals surface area contributed by atoms with Gasteiger partial charge in [0.15, 0.2) is 5.22 Å². The fourth-order valence-corrected chi connectivity index (χ4v) is 2.17. The summed E-state index contributed by atoms with van der Waals surface area (Å²) < 4.78 is 10.5. The van der Waals surface area contributed by atoms with Gasteiger partial charge in [0.05, 0.1) is 19.4 Å². The molecule has 0 bridgehead atoms. The molecule has 0 saturated carbocycles. The van der Waals surface area contributed by atoms with Crippen molar-refractivity contribution in [2.24, 2.45) is 0 Å². The lowest BCUT2D eigenvalue weighted by atomic mass is 10.1. The number of hydrogen-bond acceptors (Lipinski definition) is 4. The third-order valence-corrected chi connectivity index (χ3v) is 3.16. The third-order valence-electron chi connectivity index (χ3n) is 2.85. The van der Waals surface area contributed by atoms with Crippen LogP contribution in [0.15, 0.2) is 35.1 Å². The smallest absolute Gasteiger partial charge is 0.198 e. The fraction of sp³-hybridized carbons (Fsp3) is 0.357. The average molecular weight is 281 g/mol. The summed E-state index contributed by atoms with van der Waals surface area (Å²) in [6.07, 6.45) is 4.33. The summed E-state index contributed by atoms with van der Waals surface area (Å²) in [5.41, 5.74) is 1.67. The Morgan fingerprint density at radius 3 is 2.95 bits per heavy atom. The SMILES string of the molecule is CCCNC(c1ccoc1Cl)c1ncccc1OC. The fourth-order valence-electron chi connectivity index (χ4n) is 1.95. The number of ether oxygens (including phenoxy) is 1. The van der Waals surface area contributed by atoms with Crippen LogP contribution in [0.1, 0.15) is 30.6 Å². The Kier molecular flexibility index (Phi) is 4.82. The van der Waals surface area contributed by atoms with Crippen LogP contribution in [0, 0.1) is 0 Å². The minimum atomic E-state index is -0.137. The van der Waals surface area contributed by atoms with E-state index >= 15 is 0 Å². The molecule has 2 rings (SSSR count). The summed E-state index contributed by atoms with van der Waals surface area (Å²) in [5, 5.41) is 3.79. The topological polar surface area (TPSA) is 47.3 Å². The van der Waals surface area contributed by atoms with Crippen LogP contribution in [0.3, 0.4) is 0 Å². The molecule has 0 amide bonds. The number of nitrogens with zero attached hydrogens (tertiary/aromatic N) is 1. The number of methoxy groups -OCH3 is 1. The Hall–Kier alpha value is -1.52. The van der Waals surface area contributed by atoms with E-state index in [9.17, 15) is 0 Å². The lowest BCUT2D eigenvalue weighted by Gasteiger charge is -2.19. The number of halogens is 1. The Balaban J connectivity index is 2.40. The van der Waals surface area contributed by atoms with Gasteiger partial charge in [-0.2, -0.15) is 0 Å². The highest BCUT2D eigenvalue weighted by Gasteiger charge is 2.22. The van der Waals surface area contributed by atoms with Gasteiger partial charge in [0, 0.05) is 11.8 Å². The highest BCUT2D eigenvalue weighted by atomic mass is 35.5. The van der Waals surface area contributed by atoms with Gasteiger partial charge in [-0.05, 0) is 42.8 Å². The molecule has 1 unspecified atom stereocenters. The molecule has 0 aliphatic heterocycles. The summed E-state index contributed by atoms with van der Waals surface area (Å²) >= 11 is 6.08. The van der Waals surface area contributed by atoms with Crippen molar-refractivity contribution in [2.75, 3.05) is 13.7 Å². The highest BCUT2D eigenvalue weighted by molar-refractivity contribution is 6.29. The van der Waals surface area contributed by atoms with Crippen molar-refractivity contribution < 1.29 is 9.15 Å². The molecule has 0 aromatic carbocycles. The second-order valence-electron chi connectivity index (χ2n) is 4.13. The first-order valence-electron chi connectivity index (χ1n) is 6.23. The van der Waals surface area contributed by atoms with Crippen molar-refractivity contribution >= 4 is 11.6 Å². The molecule has 19 heavy (non-hydrogen) atoms. The molecule has 0 radical (unpaired) electrons. The van der Waals surface area contributed by atoms with Crippen LogP contribution in [-0.4, -0.2) is 18.6 Å². The summed E-state index contributed by atoms with van der Waals surface area (Å²) in [6, 6.07) is 5.44. The number of hydrogen-bond donors (Lipinski definition) is 1. The zero-order chi connectivity index (χ0) is 13.7. The predicted molar refractivity (Wildman–Crippen MR) is 74.6 cm³/mol. The van der Waals surface area contributed by atoms with Gasteiger partial charge in [-0.15, -0.1) is 0 Å². The van der Waals surface area contributed by atoms with Crippen LogP contribution in [-0.2, 0) is 0 Å². The van der Waals surface area contributed by atoms with Crippen molar-refractivity contribution in [3.05, 3.63) is 47.1 Å². The maximum atomic E-state index is 6.08. The molecule has 102 valence electrons. The zero-order valence-electron chi connectivity index (χ0n) is 11.0. The third kappa shape index (κ3) is 3.08. The van der Waals surface area contributed by atoms with Gasteiger partial charge in [-0.25, -0.2) is 0 Å². The monoisotopic (exact) mass is 280 g/mol. The van der Waals surface area contributed by atoms with Gasteiger partial charge in [0.2, 0.25) is 0 Å². The van der Waals surface area contributed by atoms with E-state index in [4.69, 9.17) is 20.8 Å². The van der Waals surface area contributed by atoms with Crippen LogP contribution in [0.2, 0.25) is 5.22 Å². The van der Waals surface area contributed by atoms with Gasteiger partial charge < -0.3 is 14.5 Å². The average Bonchev–Trinajstić information content (AvgIpc) is 2.86. The van der Waals surface area contributed by atoms with Crippen LogP contribution in [0.4, 0.5) is 0 Å². The molecule has 0 saturated heterocycles. The van der Waals surface area contributed by atoms with Crippen LogP contribution in [0.5, 0.6) is 5.75 Å². The van der Waals surface area contributed by atoms with E-state index in [0.29, 0.717) is 5.22 Å². The van der Waals surface area contributed by atoms with Crippen molar-refractivity contribution in [3.63, 3.8) is 0 Å². The summed E-state index contributed by atoms with van der Waals surface area (Å²) in [7, 11) is 1.63. The van der Waals surface area contributed by atoms with Gasteiger partial charge in [-0.3, -0.25) is 4.98 Å². The quantitative estimate of drug-likeness (QED) is 0.881. The first-order chi connectivity index (χ1) is 9.27. The van der Waals surface area contributed by atoms with Crippen LogP contribution < -0.4 is 10.1 Å². The van der Waals surface area contributed by atoms with E-state index < -0.39 is 0 Å². The molecule has 2 heterocycles. The normalized spacial score (nSPS) is 12.4. The highest BCUT2D eigenvalue weighted by Crippen LogP contribution is 2.32. The Labute approximate surface area is 117 Å².